The lowest BCUT2D eigenvalue weighted by Crippen LogP contribution is -2.42. The van der Waals surface area contributed by atoms with E-state index in [9.17, 15) is 4.79 Å². The lowest BCUT2D eigenvalue weighted by molar-refractivity contribution is 0.0726. The third kappa shape index (κ3) is 4.51. The summed E-state index contributed by atoms with van der Waals surface area (Å²) in [6, 6.07) is 16.4. The second-order valence-electron chi connectivity index (χ2n) is 8.29. The Bertz CT molecular complexity index is 980. The number of amides is 1. The van der Waals surface area contributed by atoms with Gasteiger partial charge in [0.2, 0.25) is 0 Å². The van der Waals surface area contributed by atoms with E-state index in [0.29, 0.717) is 11.6 Å². The maximum atomic E-state index is 13.0. The maximum Gasteiger partial charge on any atom is 0.274 e. The zero-order valence-electron chi connectivity index (χ0n) is 17.4. The van der Waals surface area contributed by atoms with Crippen molar-refractivity contribution >= 4 is 16.8 Å². The molecule has 29 heavy (non-hydrogen) atoms. The van der Waals surface area contributed by atoms with E-state index in [1.807, 2.05) is 36.2 Å². The molecule has 2 heterocycles. The van der Waals surface area contributed by atoms with Crippen molar-refractivity contribution in [3.8, 4) is 0 Å². The molecule has 5 heteroatoms. The Labute approximate surface area is 172 Å². The number of nitrogens with zero attached hydrogens (tertiary/aromatic N) is 3. The lowest BCUT2D eigenvalue weighted by Gasteiger charge is -2.34. The van der Waals surface area contributed by atoms with Crippen molar-refractivity contribution in [1.29, 1.82) is 0 Å². The monoisotopic (exact) mass is 390 g/mol. The summed E-state index contributed by atoms with van der Waals surface area (Å²) >= 11 is 0. The van der Waals surface area contributed by atoms with Gasteiger partial charge in [0.25, 0.3) is 5.91 Å². The number of nitrogens with one attached hydrogen (secondary N) is 1. The highest BCUT2D eigenvalue weighted by Gasteiger charge is 2.24. The van der Waals surface area contributed by atoms with Crippen molar-refractivity contribution < 1.29 is 4.79 Å². The first-order valence-corrected chi connectivity index (χ1v) is 10.6. The first kappa shape index (κ1) is 19.6. The predicted octanol–water partition coefficient (Wildman–Crippen LogP) is 3.90. The number of likely N-dealkylation sites (tertiary alicyclic amines) is 1. The Morgan fingerprint density at radius 2 is 2.00 bits per heavy atom. The van der Waals surface area contributed by atoms with Gasteiger partial charge < -0.3 is 9.80 Å². The summed E-state index contributed by atoms with van der Waals surface area (Å²) < 4.78 is 0. The van der Waals surface area contributed by atoms with E-state index in [4.69, 9.17) is 0 Å². The second kappa shape index (κ2) is 8.78. The van der Waals surface area contributed by atoms with E-state index in [2.05, 4.69) is 46.3 Å². The normalized spacial score (nSPS) is 17.5. The number of piperidine rings is 1. The van der Waals surface area contributed by atoms with Crippen LogP contribution in [-0.2, 0) is 6.42 Å². The van der Waals surface area contributed by atoms with Crippen molar-refractivity contribution in [2.75, 3.05) is 33.2 Å². The van der Waals surface area contributed by atoms with Gasteiger partial charge in [-0.2, -0.15) is 5.10 Å². The molecule has 1 atom stereocenters. The number of aromatic amines is 1. The number of hydrogen-bond donors (Lipinski definition) is 1. The molecule has 0 unspecified atom stereocenters. The summed E-state index contributed by atoms with van der Waals surface area (Å²) in [5.41, 5.74) is 4.24. The molecule has 1 N–H and O–H groups in total. The average molecular weight is 391 g/mol. The van der Waals surface area contributed by atoms with E-state index < -0.39 is 0 Å². The summed E-state index contributed by atoms with van der Waals surface area (Å²) in [5, 5.41) is 8.13. The van der Waals surface area contributed by atoms with Gasteiger partial charge in [0.05, 0.1) is 5.52 Å². The van der Waals surface area contributed by atoms with Gasteiger partial charge in [-0.3, -0.25) is 9.89 Å². The van der Waals surface area contributed by atoms with Gasteiger partial charge in [-0.1, -0.05) is 42.5 Å². The number of benzene rings is 2. The summed E-state index contributed by atoms with van der Waals surface area (Å²) in [4.78, 5) is 17.4. The minimum absolute atomic E-state index is 0.000478. The van der Waals surface area contributed by atoms with Gasteiger partial charge in [0, 0.05) is 32.1 Å². The minimum Gasteiger partial charge on any atom is -0.340 e. The molecule has 0 aliphatic carbocycles. The zero-order valence-corrected chi connectivity index (χ0v) is 17.4. The fourth-order valence-corrected chi connectivity index (χ4v) is 4.45. The molecule has 1 saturated heterocycles. The van der Waals surface area contributed by atoms with Crippen LogP contribution in [0.5, 0.6) is 0 Å². The fourth-order valence-electron chi connectivity index (χ4n) is 4.45. The molecule has 152 valence electrons. The molecule has 1 fully saturated rings. The molecular formula is C24H30N4O. The van der Waals surface area contributed by atoms with Crippen LogP contribution in [0.3, 0.4) is 0 Å². The number of aromatic nitrogens is 2. The highest BCUT2D eigenvalue weighted by molar-refractivity contribution is 6.04. The standard InChI is InChI=1S/C24H30N4O/c1-18-8-3-4-10-20(18)13-15-28-14-7-9-19(17-28)16-27(2)24(29)23-21-11-5-6-12-22(21)25-26-23/h3-6,8,10-12,19H,7,9,13-17H2,1-2H3,(H,25,26)/t19-/m1/s1. The Morgan fingerprint density at radius 1 is 1.21 bits per heavy atom. The highest BCUT2D eigenvalue weighted by atomic mass is 16.2. The van der Waals surface area contributed by atoms with Crippen LogP contribution < -0.4 is 0 Å². The van der Waals surface area contributed by atoms with Crippen LogP contribution in [-0.4, -0.2) is 59.1 Å². The Kier molecular flexibility index (Phi) is 5.95. The first-order chi connectivity index (χ1) is 14.1. The Hall–Kier alpha value is -2.66. The van der Waals surface area contributed by atoms with Crippen molar-refractivity contribution in [2.24, 2.45) is 5.92 Å². The number of para-hydroxylation sites is 1. The van der Waals surface area contributed by atoms with Gasteiger partial charge in [-0.25, -0.2) is 0 Å². The molecule has 1 aliphatic heterocycles. The molecule has 2 aromatic carbocycles. The molecule has 0 saturated carbocycles. The molecule has 3 aromatic rings. The molecule has 0 spiro atoms. The van der Waals surface area contributed by atoms with E-state index in [0.717, 1.165) is 43.5 Å². The first-order valence-electron chi connectivity index (χ1n) is 10.6. The largest absolute Gasteiger partial charge is 0.340 e. The third-order valence-corrected chi connectivity index (χ3v) is 6.11. The molecule has 1 amide bonds. The SMILES string of the molecule is Cc1ccccc1CCN1CCC[C@H](CN(C)C(=O)c2n[nH]c3ccccc23)C1. The average Bonchev–Trinajstić information content (AvgIpc) is 3.17. The molecular weight excluding hydrogens is 360 g/mol. The van der Waals surface area contributed by atoms with E-state index in [1.165, 1.54) is 24.0 Å². The van der Waals surface area contributed by atoms with E-state index in [1.54, 1.807) is 0 Å². The Morgan fingerprint density at radius 3 is 2.86 bits per heavy atom. The van der Waals surface area contributed by atoms with E-state index in [-0.39, 0.29) is 5.91 Å². The van der Waals surface area contributed by atoms with Gasteiger partial charge >= 0.3 is 0 Å². The summed E-state index contributed by atoms with van der Waals surface area (Å²) in [7, 11) is 1.90. The van der Waals surface area contributed by atoms with Crippen molar-refractivity contribution in [3.05, 3.63) is 65.4 Å². The third-order valence-electron chi connectivity index (χ3n) is 6.11. The van der Waals surface area contributed by atoms with Crippen molar-refractivity contribution in [3.63, 3.8) is 0 Å². The van der Waals surface area contributed by atoms with Crippen LogP contribution in [0.15, 0.2) is 48.5 Å². The van der Waals surface area contributed by atoms with Crippen LogP contribution in [0.1, 0.15) is 34.5 Å². The highest BCUT2D eigenvalue weighted by Crippen LogP contribution is 2.21. The number of hydrogen-bond acceptors (Lipinski definition) is 3. The van der Waals surface area contributed by atoms with Crippen molar-refractivity contribution in [1.82, 2.24) is 20.0 Å². The molecule has 0 radical (unpaired) electrons. The van der Waals surface area contributed by atoms with Gasteiger partial charge in [0.1, 0.15) is 0 Å². The fraction of sp³-hybridized carbons (Fsp3) is 0.417. The van der Waals surface area contributed by atoms with Gasteiger partial charge in [0.15, 0.2) is 5.69 Å². The van der Waals surface area contributed by atoms with Crippen LogP contribution >= 0.6 is 0 Å². The van der Waals surface area contributed by atoms with Gasteiger partial charge in [-0.05, 0) is 55.8 Å². The maximum absolute atomic E-state index is 13.0. The van der Waals surface area contributed by atoms with Crippen LogP contribution in [0.4, 0.5) is 0 Å². The number of aryl methyl sites for hydroxylation is 1. The quantitative estimate of drug-likeness (QED) is 0.695. The van der Waals surface area contributed by atoms with Crippen molar-refractivity contribution in [2.45, 2.75) is 26.2 Å². The summed E-state index contributed by atoms with van der Waals surface area (Å²) in [5.74, 6) is 0.513. The smallest absolute Gasteiger partial charge is 0.274 e. The van der Waals surface area contributed by atoms with E-state index >= 15 is 0 Å². The minimum atomic E-state index is -0.000478. The Balaban J connectivity index is 1.34. The number of rotatable bonds is 6. The van der Waals surface area contributed by atoms with Crippen LogP contribution in [0, 0.1) is 12.8 Å². The molecule has 1 aliphatic rings. The summed E-state index contributed by atoms with van der Waals surface area (Å²) in [6.07, 6.45) is 3.47. The topological polar surface area (TPSA) is 52.2 Å². The van der Waals surface area contributed by atoms with Crippen LogP contribution in [0.2, 0.25) is 0 Å². The number of carbonyl (C=O) groups is 1. The second-order valence-corrected chi connectivity index (χ2v) is 8.29. The van der Waals surface area contributed by atoms with Gasteiger partial charge in [-0.15, -0.1) is 0 Å². The molecule has 0 bridgehead atoms. The van der Waals surface area contributed by atoms with Crippen LogP contribution in [0.25, 0.3) is 10.9 Å². The number of H-pyrrole nitrogens is 1. The lowest BCUT2D eigenvalue weighted by atomic mass is 9.96. The number of carbonyl (C=O) groups excluding carboxylic acids is 1. The molecule has 5 nitrogen and oxygen atoms in total. The summed E-state index contributed by atoms with van der Waals surface area (Å²) in [6.45, 7) is 6.27. The number of fused-ring (bicyclic) bond motifs is 1. The molecule has 1 aromatic heterocycles. The molecule has 4 rings (SSSR count). The predicted molar refractivity (Wildman–Crippen MR) is 117 cm³/mol. The zero-order chi connectivity index (χ0) is 20.2.